The lowest BCUT2D eigenvalue weighted by Gasteiger charge is -2.31. The first kappa shape index (κ1) is 20.3. The van der Waals surface area contributed by atoms with Crippen LogP contribution < -0.4 is 0 Å². The number of rotatable bonds is 1. The normalized spacial score (nSPS) is 13.9. The molecule has 0 aromatic heterocycles. The van der Waals surface area contributed by atoms with Crippen LogP contribution in [0.15, 0.2) is 132 Å². The Morgan fingerprint density at radius 3 is 1.69 bits per heavy atom. The highest BCUT2D eigenvalue weighted by Crippen LogP contribution is 2.63. The topological polar surface area (TPSA) is 0 Å². The molecule has 0 atom stereocenters. The molecule has 0 radical (unpaired) electrons. The first-order valence-corrected chi connectivity index (χ1v) is 13.2. The molecule has 0 nitrogen and oxygen atoms in total. The zero-order chi connectivity index (χ0) is 23.9. The second-order valence-electron chi connectivity index (χ2n) is 9.86. The van der Waals surface area contributed by atoms with Gasteiger partial charge in [0.1, 0.15) is 0 Å². The van der Waals surface area contributed by atoms with Crippen LogP contribution in [-0.2, 0) is 5.41 Å². The van der Waals surface area contributed by atoms with E-state index in [0.29, 0.717) is 0 Å². The Hall–Kier alpha value is -3.94. The van der Waals surface area contributed by atoms with Crippen LogP contribution in [0, 0.1) is 0 Å². The summed E-state index contributed by atoms with van der Waals surface area (Å²) in [6.45, 7) is 0. The Morgan fingerprint density at radius 2 is 0.972 bits per heavy atom. The summed E-state index contributed by atoms with van der Waals surface area (Å²) in [5.41, 5.74) is 13.0. The standard InChI is InChI=1S/C35H21Br/c36-26-11-7-10-22(18-26)25-16-17-29-30-19-23-8-1-2-9-24(23)20-34(30)35(33(29)21-25)31-14-5-3-12-27(31)28-13-4-6-15-32(28)35/h1-21H. The minimum Gasteiger partial charge on any atom is -0.0619 e. The summed E-state index contributed by atoms with van der Waals surface area (Å²) >= 11 is 3.67. The minimum absolute atomic E-state index is 0.329. The third-order valence-electron chi connectivity index (χ3n) is 8.11. The lowest BCUT2D eigenvalue weighted by Crippen LogP contribution is -2.25. The Bertz CT molecular complexity index is 1810. The van der Waals surface area contributed by atoms with E-state index in [4.69, 9.17) is 0 Å². The molecule has 36 heavy (non-hydrogen) atoms. The van der Waals surface area contributed by atoms with E-state index in [1.54, 1.807) is 0 Å². The summed E-state index contributed by atoms with van der Waals surface area (Å²) in [5, 5.41) is 2.58. The highest BCUT2D eigenvalue weighted by atomic mass is 79.9. The Labute approximate surface area is 219 Å². The fourth-order valence-electron chi connectivity index (χ4n) is 6.67. The summed E-state index contributed by atoms with van der Waals surface area (Å²) in [6.07, 6.45) is 0. The molecule has 6 aromatic rings. The number of benzene rings is 6. The lowest BCUT2D eigenvalue weighted by molar-refractivity contribution is 0.795. The maximum atomic E-state index is 3.67. The van der Waals surface area contributed by atoms with Crippen molar-refractivity contribution in [3.8, 4) is 33.4 Å². The lowest BCUT2D eigenvalue weighted by atomic mass is 9.70. The molecule has 0 amide bonds. The molecule has 0 unspecified atom stereocenters. The first-order valence-electron chi connectivity index (χ1n) is 12.4. The van der Waals surface area contributed by atoms with Gasteiger partial charge in [0, 0.05) is 4.47 Å². The van der Waals surface area contributed by atoms with Gasteiger partial charge < -0.3 is 0 Å². The Morgan fingerprint density at radius 1 is 0.389 bits per heavy atom. The van der Waals surface area contributed by atoms with Crippen LogP contribution in [0.4, 0.5) is 0 Å². The summed E-state index contributed by atoms with van der Waals surface area (Å²) < 4.78 is 1.10. The van der Waals surface area contributed by atoms with Crippen molar-refractivity contribution in [1.29, 1.82) is 0 Å². The molecular weight excluding hydrogens is 500 g/mol. The fourth-order valence-corrected chi connectivity index (χ4v) is 7.07. The van der Waals surface area contributed by atoms with Crippen molar-refractivity contribution in [2.24, 2.45) is 0 Å². The van der Waals surface area contributed by atoms with E-state index in [0.717, 1.165) is 4.47 Å². The van der Waals surface area contributed by atoms with Crippen molar-refractivity contribution >= 4 is 26.7 Å². The maximum Gasteiger partial charge on any atom is 0.0725 e. The molecule has 168 valence electrons. The smallest absolute Gasteiger partial charge is 0.0619 e. The predicted molar refractivity (Wildman–Crippen MR) is 153 cm³/mol. The predicted octanol–water partition coefficient (Wildman–Crippen LogP) is 9.61. The average Bonchev–Trinajstić information content (AvgIpc) is 3.38. The van der Waals surface area contributed by atoms with Gasteiger partial charge in [-0.05, 0) is 96.7 Å². The molecule has 2 aliphatic carbocycles. The maximum absolute atomic E-state index is 3.67. The van der Waals surface area contributed by atoms with Gasteiger partial charge in [-0.15, -0.1) is 0 Å². The van der Waals surface area contributed by atoms with Crippen LogP contribution in [-0.4, -0.2) is 0 Å². The molecule has 1 spiro atoms. The summed E-state index contributed by atoms with van der Waals surface area (Å²) in [4.78, 5) is 0. The van der Waals surface area contributed by atoms with Gasteiger partial charge in [-0.1, -0.05) is 113 Å². The van der Waals surface area contributed by atoms with E-state index in [1.807, 2.05) is 0 Å². The van der Waals surface area contributed by atoms with Crippen LogP contribution in [0.5, 0.6) is 0 Å². The third-order valence-corrected chi connectivity index (χ3v) is 8.61. The Balaban J connectivity index is 1.54. The Kier molecular flexibility index (Phi) is 4.10. The van der Waals surface area contributed by atoms with Gasteiger partial charge in [0.05, 0.1) is 5.41 Å². The van der Waals surface area contributed by atoms with Crippen LogP contribution in [0.2, 0.25) is 0 Å². The zero-order valence-corrected chi connectivity index (χ0v) is 21.1. The fraction of sp³-hybridized carbons (Fsp3) is 0.0286. The molecule has 0 aliphatic heterocycles. The van der Waals surface area contributed by atoms with Crippen molar-refractivity contribution in [2.75, 3.05) is 0 Å². The SMILES string of the molecule is Brc1cccc(-c2ccc3c(c2)C2(c4ccccc4-c4ccccc42)c2cc4ccccc4cc2-3)c1. The van der Waals surface area contributed by atoms with E-state index in [9.17, 15) is 0 Å². The van der Waals surface area contributed by atoms with Crippen LogP contribution >= 0.6 is 15.9 Å². The van der Waals surface area contributed by atoms with Crippen molar-refractivity contribution < 1.29 is 0 Å². The highest BCUT2D eigenvalue weighted by Gasteiger charge is 2.51. The third kappa shape index (κ3) is 2.54. The van der Waals surface area contributed by atoms with E-state index in [2.05, 4.69) is 143 Å². The highest BCUT2D eigenvalue weighted by molar-refractivity contribution is 9.10. The number of fused-ring (bicyclic) bond motifs is 11. The summed E-state index contributed by atoms with van der Waals surface area (Å²) in [7, 11) is 0. The quantitative estimate of drug-likeness (QED) is 0.202. The molecule has 0 N–H and O–H groups in total. The van der Waals surface area contributed by atoms with Crippen molar-refractivity contribution in [2.45, 2.75) is 5.41 Å². The number of halogens is 1. The van der Waals surface area contributed by atoms with Gasteiger partial charge >= 0.3 is 0 Å². The molecule has 0 fully saturated rings. The minimum atomic E-state index is -0.329. The molecule has 2 aliphatic rings. The average molecular weight is 521 g/mol. The molecule has 1 heteroatoms. The second-order valence-corrected chi connectivity index (χ2v) is 10.8. The van der Waals surface area contributed by atoms with Crippen molar-refractivity contribution in [3.05, 3.63) is 154 Å². The molecule has 0 heterocycles. The molecule has 0 bridgehead atoms. The molecule has 0 saturated heterocycles. The van der Waals surface area contributed by atoms with E-state index in [1.165, 1.54) is 66.4 Å². The van der Waals surface area contributed by atoms with Gasteiger partial charge in [-0.2, -0.15) is 0 Å². The number of hydrogen-bond acceptors (Lipinski definition) is 0. The van der Waals surface area contributed by atoms with Crippen LogP contribution in [0.25, 0.3) is 44.2 Å². The van der Waals surface area contributed by atoms with Gasteiger partial charge in [-0.25, -0.2) is 0 Å². The van der Waals surface area contributed by atoms with Gasteiger partial charge in [0.2, 0.25) is 0 Å². The van der Waals surface area contributed by atoms with E-state index < -0.39 is 0 Å². The van der Waals surface area contributed by atoms with Gasteiger partial charge in [0.15, 0.2) is 0 Å². The molecule has 6 aromatic carbocycles. The van der Waals surface area contributed by atoms with Crippen molar-refractivity contribution in [1.82, 2.24) is 0 Å². The molecular formula is C35H21Br. The van der Waals surface area contributed by atoms with Gasteiger partial charge in [-0.3, -0.25) is 0 Å². The monoisotopic (exact) mass is 520 g/mol. The summed E-state index contributed by atoms with van der Waals surface area (Å²) in [6, 6.07) is 47.3. The number of hydrogen-bond donors (Lipinski definition) is 0. The van der Waals surface area contributed by atoms with Crippen LogP contribution in [0.1, 0.15) is 22.3 Å². The van der Waals surface area contributed by atoms with E-state index >= 15 is 0 Å². The van der Waals surface area contributed by atoms with Crippen LogP contribution in [0.3, 0.4) is 0 Å². The zero-order valence-electron chi connectivity index (χ0n) is 19.5. The van der Waals surface area contributed by atoms with E-state index in [-0.39, 0.29) is 5.41 Å². The summed E-state index contributed by atoms with van der Waals surface area (Å²) in [5.74, 6) is 0. The first-order chi connectivity index (χ1) is 17.7. The largest absolute Gasteiger partial charge is 0.0725 e. The molecule has 8 rings (SSSR count). The van der Waals surface area contributed by atoms with Crippen molar-refractivity contribution in [3.63, 3.8) is 0 Å². The molecule has 0 saturated carbocycles. The second kappa shape index (κ2) is 7.29. The van der Waals surface area contributed by atoms with Gasteiger partial charge in [0.25, 0.3) is 0 Å².